The first-order chi connectivity index (χ1) is 9.48. The summed E-state index contributed by atoms with van der Waals surface area (Å²) in [6.07, 6.45) is 0.832. The van der Waals surface area contributed by atoms with E-state index in [1.165, 1.54) is 0 Å². The Balaban J connectivity index is 3.11. The normalized spacial score (nSPS) is 12.3. The predicted molar refractivity (Wildman–Crippen MR) is 81.9 cm³/mol. The summed E-state index contributed by atoms with van der Waals surface area (Å²) >= 11 is 2.92. The number of nitrogens with one attached hydrogen (secondary N) is 1. The van der Waals surface area contributed by atoms with Crippen LogP contribution in [-0.4, -0.2) is 20.9 Å². The highest BCUT2D eigenvalue weighted by molar-refractivity contribution is 9.10. The summed E-state index contributed by atoms with van der Waals surface area (Å²) in [5.41, 5.74) is -0.487. The van der Waals surface area contributed by atoms with E-state index in [-0.39, 0.29) is 20.3 Å². The van der Waals surface area contributed by atoms with Gasteiger partial charge in [0, 0.05) is 11.0 Å². The van der Waals surface area contributed by atoms with Gasteiger partial charge in [0.25, 0.3) is 5.91 Å². The van der Waals surface area contributed by atoms with Gasteiger partial charge in [-0.05, 0) is 39.9 Å². The summed E-state index contributed by atoms with van der Waals surface area (Å²) < 4.78 is 36.6. The highest BCUT2D eigenvalue weighted by Gasteiger charge is 2.22. The van der Waals surface area contributed by atoms with Gasteiger partial charge in [-0.2, -0.15) is 0 Å². The third kappa shape index (κ3) is 4.76. The lowest BCUT2D eigenvalue weighted by Crippen LogP contribution is -2.34. The van der Waals surface area contributed by atoms with Crippen LogP contribution in [0.25, 0.3) is 0 Å². The van der Waals surface area contributed by atoms with E-state index in [1.807, 2.05) is 20.8 Å². The van der Waals surface area contributed by atoms with Gasteiger partial charge in [0.15, 0.2) is 0 Å². The monoisotopic (exact) mass is 380 g/mol. The Morgan fingerprint density at radius 3 is 2.48 bits per heavy atom. The molecule has 1 aromatic rings. The van der Waals surface area contributed by atoms with Crippen LogP contribution in [0.1, 0.15) is 37.6 Å². The maximum absolute atomic E-state index is 13.8. The molecule has 21 heavy (non-hydrogen) atoms. The second-order valence-corrected chi connectivity index (χ2v) is 7.89. The van der Waals surface area contributed by atoms with Crippen LogP contribution >= 0.6 is 15.9 Å². The van der Waals surface area contributed by atoms with Crippen molar-refractivity contribution in [1.82, 2.24) is 5.32 Å². The first-order valence-electron chi connectivity index (χ1n) is 6.28. The molecule has 0 atom stereocenters. The number of halogens is 2. The van der Waals surface area contributed by atoms with E-state index < -0.39 is 21.7 Å². The van der Waals surface area contributed by atoms with Gasteiger partial charge in [0.2, 0.25) is 10.0 Å². The molecule has 0 radical (unpaired) electrons. The van der Waals surface area contributed by atoms with E-state index in [1.54, 1.807) is 0 Å². The number of amides is 1. The Bertz CT molecular complexity index is 660. The number of benzene rings is 1. The summed E-state index contributed by atoms with van der Waals surface area (Å²) in [6.45, 7) is 6.25. The molecule has 1 aromatic carbocycles. The molecule has 1 amide bonds. The van der Waals surface area contributed by atoms with E-state index >= 15 is 0 Å². The van der Waals surface area contributed by atoms with E-state index in [9.17, 15) is 17.6 Å². The molecule has 0 unspecified atom stereocenters. The number of rotatable bonds is 5. The Morgan fingerprint density at radius 1 is 1.43 bits per heavy atom. The molecule has 118 valence electrons. The van der Waals surface area contributed by atoms with Crippen LogP contribution in [-0.2, 0) is 10.0 Å². The highest BCUT2D eigenvalue weighted by atomic mass is 79.9. The molecule has 0 aliphatic heterocycles. The fourth-order valence-electron chi connectivity index (χ4n) is 1.46. The second kappa shape index (κ2) is 6.41. The fourth-order valence-corrected chi connectivity index (χ4v) is 3.07. The zero-order chi connectivity index (χ0) is 16.4. The van der Waals surface area contributed by atoms with Crippen LogP contribution in [0.5, 0.6) is 0 Å². The van der Waals surface area contributed by atoms with Gasteiger partial charge >= 0.3 is 0 Å². The van der Waals surface area contributed by atoms with E-state index in [0.717, 1.165) is 18.6 Å². The quantitative estimate of drug-likeness (QED) is 0.821. The maximum atomic E-state index is 13.8. The second-order valence-electron chi connectivity index (χ2n) is 5.51. The number of carbonyl (C=O) groups is 1. The minimum Gasteiger partial charge on any atom is -0.351 e. The third-order valence-corrected chi connectivity index (χ3v) is 5.13. The summed E-state index contributed by atoms with van der Waals surface area (Å²) in [7, 11) is -4.05. The molecule has 0 saturated carbocycles. The topological polar surface area (TPSA) is 89.3 Å². The van der Waals surface area contributed by atoms with Crippen molar-refractivity contribution in [2.45, 2.75) is 32.1 Å². The van der Waals surface area contributed by atoms with E-state index in [0.29, 0.717) is 6.54 Å². The van der Waals surface area contributed by atoms with Crippen LogP contribution < -0.4 is 10.5 Å². The summed E-state index contributed by atoms with van der Waals surface area (Å²) in [5, 5.41) is 7.63. The van der Waals surface area contributed by atoms with Gasteiger partial charge in [-0.3, -0.25) is 4.79 Å². The van der Waals surface area contributed by atoms with Crippen molar-refractivity contribution >= 4 is 31.9 Å². The number of primary sulfonamides is 1. The van der Waals surface area contributed by atoms with Crippen LogP contribution in [0.4, 0.5) is 4.39 Å². The predicted octanol–water partition coefficient (Wildman–Crippen LogP) is 2.40. The molecule has 0 heterocycles. The molecule has 0 fully saturated rings. The molecule has 0 saturated heterocycles. The molecule has 0 bridgehead atoms. The summed E-state index contributed by atoms with van der Waals surface area (Å²) in [6, 6.07) is 1.85. The Morgan fingerprint density at radius 2 is 2.00 bits per heavy atom. The first-order valence-corrected chi connectivity index (χ1v) is 8.62. The zero-order valence-electron chi connectivity index (χ0n) is 12.0. The Hall–Kier alpha value is -0.990. The fraction of sp³-hybridized carbons (Fsp3) is 0.462. The van der Waals surface area contributed by atoms with Crippen molar-refractivity contribution in [3.63, 3.8) is 0 Å². The van der Waals surface area contributed by atoms with Crippen molar-refractivity contribution in [2.75, 3.05) is 6.54 Å². The number of carbonyl (C=O) groups excluding carboxylic acids is 1. The average Bonchev–Trinajstić information content (AvgIpc) is 2.34. The summed E-state index contributed by atoms with van der Waals surface area (Å²) in [5.74, 6) is -1.49. The van der Waals surface area contributed by atoms with Crippen molar-refractivity contribution in [3.8, 4) is 0 Å². The molecule has 1 rings (SSSR count). The standard InChI is InChI=1S/C13H18BrFN2O3S/c1-4-13(2,3)7-17-12(18)8-5-11(21(16,19)20)9(14)6-10(8)15/h5-6H,4,7H2,1-3H3,(H,17,18)(H2,16,19,20). The largest absolute Gasteiger partial charge is 0.351 e. The van der Waals surface area contributed by atoms with Crippen molar-refractivity contribution in [1.29, 1.82) is 0 Å². The number of sulfonamides is 1. The maximum Gasteiger partial charge on any atom is 0.254 e. The van der Waals surface area contributed by atoms with Gasteiger partial charge in [-0.15, -0.1) is 0 Å². The van der Waals surface area contributed by atoms with Crippen molar-refractivity contribution in [2.24, 2.45) is 10.6 Å². The van der Waals surface area contributed by atoms with Crippen molar-refractivity contribution < 1.29 is 17.6 Å². The number of nitrogens with two attached hydrogens (primary N) is 1. The lowest BCUT2D eigenvalue weighted by atomic mass is 9.90. The molecule has 0 spiro atoms. The smallest absolute Gasteiger partial charge is 0.254 e. The molecule has 0 aromatic heterocycles. The molecule has 0 aliphatic carbocycles. The van der Waals surface area contributed by atoms with Crippen LogP contribution in [0.2, 0.25) is 0 Å². The SMILES string of the molecule is CCC(C)(C)CNC(=O)c1cc(S(N)(=O)=O)c(Br)cc1F. The van der Waals surface area contributed by atoms with Gasteiger partial charge < -0.3 is 5.32 Å². The van der Waals surface area contributed by atoms with Gasteiger partial charge in [-0.1, -0.05) is 20.8 Å². The first kappa shape index (κ1) is 18.1. The third-order valence-electron chi connectivity index (χ3n) is 3.26. The van der Waals surface area contributed by atoms with Gasteiger partial charge in [0.1, 0.15) is 5.82 Å². The minimum atomic E-state index is -4.05. The Labute approximate surface area is 132 Å². The van der Waals surface area contributed by atoms with Crippen molar-refractivity contribution in [3.05, 3.63) is 28.0 Å². The molecule has 5 nitrogen and oxygen atoms in total. The average molecular weight is 381 g/mol. The van der Waals surface area contributed by atoms with Gasteiger partial charge in [0.05, 0.1) is 10.5 Å². The Kier molecular flexibility index (Phi) is 5.51. The number of hydrogen-bond acceptors (Lipinski definition) is 3. The summed E-state index contributed by atoms with van der Waals surface area (Å²) in [4.78, 5) is 11.7. The zero-order valence-corrected chi connectivity index (χ0v) is 14.4. The molecule has 8 heteroatoms. The number of hydrogen-bond donors (Lipinski definition) is 2. The molecule has 0 aliphatic rings. The van der Waals surface area contributed by atoms with Gasteiger partial charge in [-0.25, -0.2) is 17.9 Å². The highest BCUT2D eigenvalue weighted by Crippen LogP contribution is 2.25. The van der Waals surface area contributed by atoms with Crippen LogP contribution in [0.3, 0.4) is 0 Å². The molecular formula is C13H18BrFN2O3S. The van der Waals surface area contributed by atoms with Crippen LogP contribution in [0, 0.1) is 11.2 Å². The van der Waals surface area contributed by atoms with Crippen LogP contribution in [0.15, 0.2) is 21.5 Å². The minimum absolute atomic E-state index is 0.0204. The lowest BCUT2D eigenvalue weighted by molar-refractivity contribution is 0.0931. The lowest BCUT2D eigenvalue weighted by Gasteiger charge is -2.23. The van der Waals surface area contributed by atoms with E-state index in [2.05, 4.69) is 21.2 Å². The molecular weight excluding hydrogens is 363 g/mol. The molecule has 3 N–H and O–H groups in total. The van der Waals surface area contributed by atoms with E-state index in [4.69, 9.17) is 5.14 Å².